The van der Waals surface area contributed by atoms with Crippen molar-refractivity contribution in [3.05, 3.63) is 53.2 Å². The number of hydrogen-bond donors (Lipinski definition) is 1. The van der Waals surface area contributed by atoms with Crippen molar-refractivity contribution in [3.8, 4) is 23.0 Å². The third kappa shape index (κ3) is 5.16. The van der Waals surface area contributed by atoms with E-state index >= 15 is 4.39 Å². The molecule has 0 spiro atoms. The molecule has 180 valence electrons. The number of aryl methyl sites for hydroxylation is 1. The molecule has 11 heteroatoms. The molecule has 6 nitrogen and oxygen atoms in total. The highest BCUT2D eigenvalue weighted by Gasteiger charge is 2.42. The summed E-state index contributed by atoms with van der Waals surface area (Å²) in [6.07, 6.45) is -1.24. The van der Waals surface area contributed by atoms with Crippen LogP contribution in [0.1, 0.15) is 30.9 Å². The van der Waals surface area contributed by atoms with Crippen molar-refractivity contribution in [3.63, 3.8) is 0 Å². The first-order valence-corrected chi connectivity index (χ1v) is 10.7. The SMILES string of the molecule is C=CCN(c1c(-c2c(C)cc(C#CCCCO)cc2F)c(Cl)nc2ncnn12)[C@@H](C)C(F)(F)F. The highest BCUT2D eigenvalue weighted by molar-refractivity contribution is 6.33. The van der Waals surface area contributed by atoms with Gasteiger partial charge in [0.2, 0.25) is 0 Å². The van der Waals surface area contributed by atoms with Gasteiger partial charge < -0.3 is 10.0 Å². The van der Waals surface area contributed by atoms with Crippen LogP contribution in [0.15, 0.2) is 31.1 Å². The lowest BCUT2D eigenvalue weighted by atomic mass is 9.98. The lowest BCUT2D eigenvalue weighted by molar-refractivity contribution is -0.144. The van der Waals surface area contributed by atoms with Crippen LogP contribution in [0.4, 0.5) is 23.4 Å². The highest BCUT2D eigenvalue weighted by Crippen LogP contribution is 2.41. The van der Waals surface area contributed by atoms with Crippen LogP contribution in [-0.4, -0.2) is 50.1 Å². The molecule has 2 heterocycles. The van der Waals surface area contributed by atoms with E-state index in [1.165, 1.54) is 12.1 Å². The normalized spacial score (nSPS) is 12.4. The van der Waals surface area contributed by atoms with E-state index in [2.05, 4.69) is 33.5 Å². The Labute approximate surface area is 198 Å². The number of nitrogens with zero attached hydrogens (tertiary/aromatic N) is 5. The zero-order valence-electron chi connectivity index (χ0n) is 18.5. The minimum absolute atomic E-state index is 0.00238. The molecule has 0 aliphatic heterocycles. The van der Waals surface area contributed by atoms with Crippen LogP contribution in [0.5, 0.6) is 0 Å². The molecule has 0 amide bonds. The van der Waals surface area contributed by atoms with Gasteiger partial charge in [-0.05, 0) is 38.0 Å². The Kier molecular flexibility index (Phi) is 7.79. The Morgan fingerprint density at radius 1 is 1.32 bits per heavy atom. The monoisotopic (exact) mass is 495 g/mol. The smallest absolute Gasteiger partial charge is 0.396 e. The predicted octanol–water partition coefficient (Wildman–Crippen LogP) is 4.96. The summed E-state index contributed by atoms with van der Waals surface area (Å²) in [4.78, 5) is 9.04. The number of hydrogen-bond acceptors (Lipinski definition) is 5. The topological polar surface area (TPSA) is 66.5 Å². The van der Waals surface area contributed by atoms with E-state index in [0.29, 0.717) is 24.0 Å². The summed E-state index contributed by atoms with van der Waals surface area (Å²) in [6, 6.07) is 0.821. The Morgan fingerprint density at radius 2 is 2.06 bits per heavy atom. The zero-order valence-corrected chi connectivity index (χ0v) is 19.3. The molecule has 0 saturated carbocycles. The molecule has 2 aromatic heterocycles. The van der Waals surface area contributed by atoms with Crippen molar-refractivity contribution in [2.75, 3.05) is 18.1 Å². The number of alkyl halides is 3. The fraction of sp³-hybridized carbons (Fsp3) is 0.348. The fourth-order valence-electron chi connectivity index (χ4n) is 3.49. The van der Waals surface area contributed by atoms with Crippen LogP contribution in [0.2, 0.25) is 5.15 Å². The summed E-state index contributed by atoms with van der Waals surface area (Å²) in [6.45, 7) is 5.93. The number of aromatic nitrogens is 4. The van der Waals surface area contributed by atoms with E-state index < -0.39 is 18.0 Å². The number of aliphatic hydroxyl groups excluding tert-OH is 1. The number of anilines is 1. The Balaban J connectivity index is 2.29. The third-order valence-corrected chi connectivity index (χ3v) is 5.40. The van der Waals surface area contributed by atoms with Crippen molar-refractivity contribution in [2.45, 2.75) is 38.9 Å². The Morgan fingerprint density at radius 3 is 2.68 bits per heavy atom. The number of benzene rings is 1. The largest absolute Gasteiger partial charge is 0.408 e. The van der Waals surface area contributed by atoms with Gasteiger partial charge in [0.15, 0.2) is 0 Å². The van der Waals surface area contributed by atoms with Crippen molar-refractivity contribution in [1.82, 2.24) is 19.6 Å². The molecule has 3 aromatic rings. The van der Waals surface area contributed by atoms with E-state index in [1.54, 1.807) is 13.0 Å². The van der Waals surface area contributed by atoms with Crippen molar-refractivity contribution >= 4 is 23.2 Å². The molecular formula is C23H22ClF4N5O. The van der Waals surface area contributed by atoms with Gasteiger partial charge in [-0.25, -0.2) is 4.39 Å². The number of aliphatic hydroxyl groups is 1. The molecule has 0 unspecified atom stereocenters. The molecule has 1 N–H and O–H groups in total. The molecule has 0 saturated heterocycles. The van der Waals surface area contributed by atoms with Crippen LogP contribution >= 0.6 is 11.6 Å². The maximum atomic E-state index is 15.4. The first-order chi connectivity index (χ1) is 16.1. The van der Waals surface area contributed by atoms with Gasteiger partial charge >= 0.3 is 6.18 Å². The van der Waals surface area contributed by atoms with Crippen LogP contribution < -0.4 is 4.90 Å². The van der Waals surface area contributed by atoms with Crippen LogP contribution in [-0.2, 0) is 0 Å². The quantitative estimate of drug-likeness (QED) is 0.165. The van der Waals surface area contributed by atoms with E-state index in [4.69, 9.17) is 16.7 Å². The molecule has 0 aliphatic carbocycles. The van der Waals surface area contributed by atoms with Crippen molar-refractivity contribution < 1.29 is 22.7 Å². The minimum atomic E-state index is -4.61. The van der Waals surface area contributed by atoms with Crippen LogP contribution in [0.25, 0.3) is 16.9 Å². The minimum Gasteiger partial charge on any atom is -0.396 e. The Bertz CT molecular complexity index is 1240. The molecule has 1 atom stereocenters. The molecular weight excluding hydrogens is 474 g/mol. The van der Waals surface area contributed by atoms with Gasteiger partial charge in [-0.3, -0.25) is 0 Å². The predicted molar refractivity (Wildman–Crippen MR) is 122 cm³/mol. The van der Waals surface area contributed by atoms with Gasteiger partial charge in [0, 0.05) is 30.7 Å². The molecule has 3 rings (SSSR count). The first-order valence-electron chi connectivity index (χ1n) is 10.3. The second-order valence-electron chi connectivity index (χ2n) is 7.51. The number of halogens is 5. The summed E-state index contributed by atoms with van der Waals surface area (Å²) in [5, 5.41) is 12.7. The summed E-state index contributed by atoms with van der Waals surface area (Å²) in [5.74, 6) is 4.80. The van der Waals surface area contributed by atoms with Gasteiger partial charge in [-0.15, -0.1) is 6.58 Å². The van der Waals surface area contributed by atoms with Gasteiger partial charge in [-0.1, -0.05) is 29.5 Å². The maximum absolute atomic E-state index is 15.4. The standard InChI is InChI=1S/C23H22ClF4N5O/c1-4-9-32(15(3)23(26,27)28)21-19(20(24)31-22-29-13-30-33(21)22)18-14(2)11-16(12-17(18)25)8-6-5-7-10-34/h4,11-13,15,34H,1,5,7,9-10H2,2-3H3/t15-/m0/s1. The second-order valence-corrected chi connectivity index (χ2v) is 7.87. The van der Waals surface area contributed by atoms with Gasteiger partial charge in [0.05, 0.1) is 5.56 Å². The number of rotatable bonds is 7. The van der Waals surface area contributed by atoms with Crippen LogP contribution in [0.3, 0.4) is 0 Å². The molecule has 0 radical (unpaired) electrons. The number of fused-ring (bicyclic) bond motifs is 1. The number of unbranched alkanes of at least 4 members (excludes halogenated alkanes) is 1. The Hall–Kier alpha value is -3.16. The van der Waals surface area contributed by atoms with Crippen molar-refractivity contribution in [1.29, 1.82) is 0 Å². The molecule has 0 bridgehead atoms. The maximum Gasteiger partial charge on any atom is 0.408 e. The zero-order chi connectivity index (χ0) is 25.0. The summed E-state index contributed by atoms with van der Waals surface area (Å²) >= 11 is 6.42. The lowest BCUT2D eigenvalue weighted by Crippen LogP contribution is -2.45. The van der Waals surface area contributed by atoms with Crippen molar-refractivity contribution in [2.24, 2.45) is 0 Å². The van der Waals surface area contributed by atoms with E-state index in [1.807, 2.05) is 0 Å². The van der Waals surface area contributed by atoms with E-state index in [9.17, 15) is 13.2 Å². The molecule has 0 aliphatic rings. The van der Waals surface area contributed by atoms with E-state index in [-0.39, 0.29) is 41.0 Å². The van der Waals surface area contributed by atoms with E-state index in [0.717, 1.165) is 22.7 Å². The van der Waals surface area contributed by atoms with Crippen LogP contribution in [0, 0.1) is 24.6 Å². The second kappa shape index (κ2) is 10.4. The molecule has 0 fully saturated rings. The fourth-order valence-corrected chi connectivity index (χ4v) is 3.75. The van der Waals surface area contributed by atoms with Gasteiger partial charge in [0.1, 0.15) is 29.2 Å². The van der Waals surface area contributed by atoms with Gasteiger partial charge in [-0.2, -0.15) is 32.8 Å². The van der Waals surface area contributed by atoms with Gasteiger partial charge in [0.25, 0.3) is 5.78 Å². The lowest BCUT2D eigenvalue weighted by Gasteiger charge is -2.33. The molecule has 34 heavy (non-hydrogen) atoms. The molecule has 1 aromatic carbocycles. The third-order valence-electron chi connectivity index (χ3n) is 5.13. The highest BCUT2D eigenvalue weighted by atomic mass is 35.5. The average molecular weight is 496 g/mol. The summed E-state index contributed by atoms with van der Waals surface area (Å²) in [7, 11) is 0. The first kappa shape index (κ1) is 25.5. The summed E-state index contributed by atoms with van der Waals surface area (Å²) in [5.41, 5.74) is 0.714. The average Bonchev–Trinajstić information content (AvgIpc) is 3.22. The summed E-state index contributed by atoms with van der Waals surface area (Å²) < 4.78 is 57.9.